The number of aromatic nitrogens is 2. The van der Waals surface area contributed by atoms with Crippen molar-refractivity contribution in [1.29, 1.82) is 0 Å². The van der Waals surface area contributed by atoms with E-state index >= 15 is 0 Å². The van der Waals surface area contributed by atoms with Crippen molar-refractivity contribution >= 4 is 29.3 Å². The first-order chi connectivity index (χ1) is 15.4. The minimum Gasteiger partial charge on any atom is -0.497 e. The standard InChI is InChI=1S/C22H27N5O5/c1-12-5-4-8-27(11-12)22-25-19-18(21(30)26-22)14(10-17(28)24-19)20(29)23-15-7-6-13(31-2)9-16(15)32-3/h6-7,9,12,14H,4-5,8,10-11H2,1-3H3,(H,23,29)(H2,24,25,26,28,30)/t12-,14-/m0/s1. The first kappa shape index (κ1) is 21.7. The first-order valence-corrected chi connectivity index (χ1v) is 10.6. The summed E-state index contributed by atoms with van der Waals surface area (Å²) in [6, 6.07) is 4.96. The molecule has 1 aromatic carbocycles. The lowest BCUT2D eigenvalue weighted by Gasteiger charge is -2.32. The van der Waals surface area contributed by atoms with Gasteiger partial charge in [-0.1, -0.05) is 6.92 Å². The number of rotatable bonds is 5. The molecule has 0 unspecified atom stereocenters. The molecule has 3 N–H and O–H groups in total. The highest BCUT2D eigenvalue weighted by atomic mass is 16.5. The number of nitrogens with zero attached hydrogens (tertiary/aromatic N) is 2. The number of carbonyl (C=O) groups is 2. The largest absolute Gasteiger partial charge is 0.497 e. The first-order valence-electron chi connectivity index (χ1n) is 10.6. The number of hydrogen-bond acceptors (Lipinski definition) is 7. The smallest absolute Gasteiger partial charge is 0.258 e. The number of fused-ring (bicyclic) bond motifs is 1. The van der Waals surface area contributed by atoms with Gasteiger partial charge in [-0.05, 0) is 30.9 Å². The summed E-state index contributed by atoms with van der Waals surface area (Å²) in [5.74, 6) is 0.182. The molecule has 10 nitrogen and oxygen atoms in total. The number of carbonyl (C=O) groups excluding carboxylic acids is 2. The summed E-state index contributed by atoms with van der Waals surface area (Å²) in [5.41, 5.74) is 0.141. The van der Waals surface area contributed by atoms with Crippen LogP contribution in [-0.2, 0) is 9.59 Å². The fourth-order valence-corrected chi connectivity index (χ4v) is 4.24. The molecule has 1 saturated heterocycles. The van der Waals surface area contributed by atoms with E-state index in [-0.39, 0.29) is 23.7 Å². The van der Waals surface area contributed by atoms with Gasteiger partial charge in [0, 0.05) is 25.6 Å². The fraction of sp³-hybridized carbons (Fsp3) is 0.455. The number of methoxy groups -OCH3 is 2. The van der Waals surface area contributed by atoms with E-state index < -0.39 is 17.4 Å². The number of piperidine rings is 1. The van der Waals surface area contributed by atoms with Gasteiger partial charge in [-0.3, -0.25) is 19.4 Å². The van der Waals surface area contributed by atoms with Gasteiger partial charge < -0.3 is 25.0 Å². The molecule has 0 bridgehead atoms. The molecule has 10 heteroatoms. The molecule has 0 saturated carbocycles. The van der Waals surface area contributed by atoms with Crippen LogP contribution in [0.25, 0.3) is 0 Å². The van der Waals surface area contributed by atoms with Crippen molar-refractivity contribution in [3.63, 3.8) is 0 Å². The predicted molar refractivity (Wildman–Crippen MR) is 120 cm³/mol. The average Bonchev–Trinajstić information content (AvgIpc) is 2.78. The maximum atomic E-state index is 13.1. The molecular formula is C22H27N5O5. The Morgan fingerprint density at radius 2 is 2.06 bits per heavy atom. The molecule has 170 valence electrons. The summed E-state index contributed by atoms with van der Waals surface area (Å²) >= 11 is 0. The number of aromatic amines is 1. The maximum Gasteiger partial charge on any atom is 0.258 e. The van der Waals surface area contributed by atoms with Crippen LogP contribution in [0.1, 0.15) is 37.7 Å². The zero-order valence-electron chi connectivity index (χ0n) is 18.4. The average molecular weight is 441 g/mol. The Morgan fingerprint density at radius 3 is 2.78 bits per heavy atom. The summed E-state index contributed by atoms with van der Waals surface area (Å²) in [4.78, 5) is 47.8. The van der Waals surface area contributed by atoms with Gasteiger partial charge in [0.25, 0.3) is 5.56 Å². The second kappa shape index (κ2) is 8.89. The van der Waals surface area contributed by atoms with Crippen molar-refractivity contribution in [2.45, 2.75) is 32.1 Å². The van der Waals surface area contributed by atoms with Crippen LogP contribution in [0.15, 0.2) is 23.0 Å². The van der Waals surface area contributed by atoms with E-state index in [9.17, 15) is 14.4 Å². The summed E-state index contributed by atoms with van der Waals surface area (Å²) in [5, 5.41) is 5.42. The van der Waals surface area contributed by atoms with Crippen LogP contribution in [0.2, 0.25) is 0 Å². The Bertz CT molecular complexity index is 1100. The third kappa shape index (κ3) is 4.25. The van der Waals surface area contributed by atoms with Crippen LogP contribution in [0.3, 0.4) is 0 Å². The van der Waals surface area contributed by atoms with Crippen LogP contribution in [0, 0.1) is 5.92 Å². The van der Waals surface area contributed by atoms with Gasteiger partial charge in [0.05, 0.1) is 31.4 Å². The van der Waals surface area contributed by atoms with Gasteiger partial charge in [-0.25, -0.2) is 0 Å². The van der Waals surface area contributed by atoms with Gasteiger partial charge in [0.2, 0.25) is 17.8 Å². The van der Waals surface area contributed by atoms with E-state index in [2.05, 4.69) is 27.5 Å². The Kier molecular flexibility index (Phi) is 6.02. The molecule has 2 aliphatic rings. The molecule has 1 fully saturated rings. The molecule has 1 aromatic heterocycles. The third-order valence-corrected chi connectivity index (χ3v) is 5.88. The van der Waals surface area contributed by atoms with Crippen LogP contribution in [-0.4, -0.2) is 49.1 Å². The van der Waals surface area contributed by atoms with Crippen molar-refractivity contribution in [1.82, 2.24) is 9.97 Å². The van der Waals surface area contributed by atoms with Crippen LogP contribution < -0.4 is 30.6 Å². The summed E-state index contributed by atoms with van der Waals surface area (Å²) in [6.07, 6.45) is 1.98. The Labute approximate surface area is 185 Å². The van der Waals surface area contributed by atoms with Gasteiger partial charge in [0.1, 0.15) is 17.3 Å². The zero-order valence-corrected chi connectivity index (χ0v) is 18.4. The lowest BCUT2D eigenvalue weighted by atomic mass is 9.92. The molecule has 4 rings (SSSR count). The van der Waals surface area contributed by atoms with Gasteiger partial charge >= 0.3 is 0 Å². The van der Waals surface area contributed by atoms with E-state index in [1.54, 1.807) is 18.2 Å². The third-order valence-electron chi connectivity index (χ3n) is 5.88. The zero-order chi connectivity index (χ0) is 22.8. The minimum absolute atomic E-state index is 0.139. The number of H-pyrrole nitrogens is 1. The summed E-state index contributed by atoms with van der Waals surface area (Å²) < 4.78 is 10.5. The van der Waals surface area contributed by atoms with E-state index in [0.717, 1.165) is 25.9 Å². The van der Waals surface area contributed by atoms with E-state index in [0.29, 0.717) is 29.1 Å². The molecule has 0 aliphatic carbocycles. The predicted octanol–water partition coefficient (Wildman–Crippen LogP) is 2.09. The van der Waals surface area contributed by atoms with E-state index in [1.807, 2.05) is 4.90 Å². The lowest BCUT2D eigenvalue weighted by molar-refractivity contribution is -0.123. The highest BCUT2D eigenvalue weighted by Crippen LogP contribution is 2.33. The monoisotopic (exact) mass is 441 g/mol. The van der Waals surface area contributed by atoms with Crippen LogP contribution >= 0.6 is 0 Å². The normalized spacial score (nSPS) is 20.2. The van der Waals surface area contributed by atoms with Gasteiger partial charge in [-0.15, -0.1) is 0 Å². The summed E-state index contributed by atoms with van der Waals surface area (Å²) in [7, 11) is 3.01. The molecule has 3 heterocycles. The molecule has 0 radical (unpaired) electrons. The Hall–Kier alpha value is -3.56. The van der Waals surface area contributed by atoms with Gasteiger partial charge in [-0.2, -0.15) is 4.98 Å². The van der Waals surface area contributed by atoms with Gasteiger partial charge in [0.15, 0.2) is 0 Å². The Balaban J connectivity index is 1.64. The molecular weight excluding hydrogens is 414 g/mol. The Morgan fingerprint density at radius 1 is 1.25 bits per heavy atom. The van der Waals surface area contributed by atoms with Crippen molar-refractivity contribution in [3.05, 3.63) is 34.1 Å². The topological polar surface area (TPSA) is 126 Å². The molecule has 2 aliphatic heterocycles. The van der Waals surface area contributed by atoms with Crippen molar-refractivity contribution < 1.29 is 19.1 Å². The SMILES string of the molecule is COc1ccc(NC(=O)[C@H]2CC(=O)Nc3nc(N4CCC[C@H](C)C4)[nH]c(=O)c32)c(OC)c1. The van der Waals surface area contributed by atoms with Crippen LogP contribution in [0.5, 0.6) is 11.5 Å². The number of hydrogen-bond donors (Lipinski definition) is 3. The second-order valence-corrected chi connectivity index (χ2v) is 8.21. The quantitative estimate of drug-likeness (QED) is 0.649. The highest BCUT2D eigenvalue weighted by molar-refractivity contribution is 6.05. The fourth-order valence-electron chi connectivity index (χ4n) is 4.24. The number of benzene rings is 1. The van der Waals surface area contributed by atoms with Crippen molar-refractivity contribution in [3.8, 4) is 11.5 Å². The highest BCUT2D eigenvalue weighted by Gasteiger charge is 2.35. The molecule has 2 aromatic rings. The number of ether oxygens (including phenoxy) is 2. The van der Waals surface area contributed by atoms with E-state index in [1.165, 1.54) is 14.2 Å². The van der Waals surface area contributed by atoms with Crippen LogP contribution in [0.4, 0.5) is 17.5 Å². The molecule has 32 heavy (non-hydrogen) atoms. The lowest BCUT2D eigenvalue weighted by Crippen LogP contribution is -2.40. The minimum atomic E-state index is -0.976. The van der Waals surface area contributed by atoms with Crippen molar-refractivity contribution in [2.75, 3.05) is 42.8 Å². The molecule has 0 spiro atoms. The summed E-state index contributed by atoms with van der Waals surface area (Å²) in [6.45, 7) is 3.70. The molecule has 2 amide bonds. The second-order valence-electron chi connectivity index (χ2n) is 8.21. The molecule has 2 atom stereocenters. The number of nitrogens with one attached hydrogen (secondary N) is 3. The van der Waals surface area contributed by atoms with Crippen molar-refractivity contribution in [2.24, 2.45) is 5.92 Å². The van der Waals surface area contributed by atoms with E-state index in [4.69, 9.17) is 9.47 Å². The number of anilines is 3. The number of amides is 2. The maximum absolute atomic E-state index is 13.1.